The molecule has 4 aromatic rings. The Morgan fingerprint density at radius 3 is 2.47 bits per heavy atom. The number of carboxylic acid groups (broad SMARTS) is 1. The van der Waals surface area contributed by atoms with Crippen LogP contribution in [-0.4, -0.2) is 35.5 Å². The van der Waals surface area contributed by atoms with Gasteiger partial charge >= 0.3 is 5.97 Å². The molecule has 0 aliphatic heterocycles. The van der Waals surface area contributed by atoms with Gasteiger partial charge in [0, 0.05) is 6.20 Å². The number of aliphatic carboxylic acids is 1. The lowest BCUT2D eigenvalue weighted by Gasteiger charge is -2.19. The van der Waals surface area contributed by atoms with E-state index in [1.54, 1.807) is 32.0 Å². The Kier molecular flexibility index (Phi) is 4.81. The number of fused-ring (bicyclic) bond motifs is 3. The Labute approximate surface area is 170 Å². The molecule has 0 aliphatic carbocycles. The molecule has 9 heteroatoms. The van der Waals surface area contributed by atoms with Crippen LogP contribution < -0.4 is 5.56 Å². The number of aromatic nitrogens is 5. The summed E-state index contributed by atoms with van der Waals surface area (Å²) in [5, 5.41) is 22.5. The van der Waals surface area contributed by atoms with Crippen LogP contribution in [-0.2, 0) is 11.2 Å². The van der Waals surface area contributed by atoms with Crippen molar-refractivity contribution in [3.63, 3.8) is 0 Å². The third-order valence-electron chi connectivity index (χ3n) is 5.13. The van der Waals surface area contributed by atoms with Crippen molar-refractivity contribution >= 4 is 22.6 Å². The van der Waals surface area contributed by atoms with Gasteiger partial charge < -0.3 is 5.11 Å². The van der Waals surface area contributed by atoms with Gasteiger partial charge in [0.2, 0.25) is 0 Å². The normalized spacial score (nSPS) is 12.7. The van der Waals surface area contributed by atoms with E-state index in [0.717, 1.165) is 16.8 Å². The quantitative estimate of drug-likeness (QED) is 0.543. The van der Waals surface area contributed by atoms with Crippen LogP contribution in [0.25, 0.3) is 27.8 Å². The van der Waals surface area contributed by atoms with Crippen molar-refractivity contribution in [3.8, 4) is 11.1 Å². The molecule has 0 fully saturated rings. The van der Waals surface area contributed by atoms with Crippen LogP contribution in [0.3, 0.4) is 0 Å². The minimum atomic E-state index is -1.09. The molecule has 8 nitrogen and oxygen atoms in total. The van der Waals surface area contributed by atoms with Crippen LogP contribution in [0.15, 0.2) is 41.3 Å². The lowest BCUT2D eigenvalue weighted by atomic mass is 10.0. The molecule has 0 spiro atoms. The van der Waals surface area contributed by atoms with Crippen LogP contribution >= 0.6 is 0 Å². The molecule has 1 aromatic carbocycles. The van der Waals surface area contributed by atoms with E-state index in [0.29, 0.717) is 17.6 Å². The maximum absolute atomic E-state index is 13.4. The van der Waals surface area contributed by atoms with Crippen molar-refractivity contribution in [2.45, 2.75) is 33.2 Å². The molecular weight excluding hydrogens is 389 g/mol. The number of hydrogen-bond acceptors (Lipinski definition) is 5. The minimum Gasteiger partial charge on any atom is -0.480 e. The Morgan fingerprint density at radius 2 is 1.87 bits per heavy atom. The summed E-state index contributed by atoms with van der Waals surface area (Å²) in [5.74, 6) is -1.73. The molecule has 30 heavy (non-hydrogen) atoms. The highest BCUT2D eigenvalue weighted by Gasteiger charge is 2.26. The Balaban J connectivity index is 1.99. The van der Waals surface area contributed by atoms with Gasteiger partial charge in [-0.05, 0) is 36.1 Å². The Hall–Kier alpha value is -3.62. The second kappa shape index (κ2) is 7.33. The summed E-state index contributed by atoms with van der Waals surface area (Å²) >= 11 is 0. The average molecular weight is 409 g/mol. The third-order valence-corrected chi connectivity index (χ3v) is 5.13. The molecule has 1 N–H and O–H groups in total. The van der Waals surface area contributed by atoms with Crippen molar-refractivity contribution in [1.29, 1.82) is 0 Å². The monoisotopic (exact) mass is 409 g/mol. The van der Waals surface area contributed by atoms with E-state index in [1.807, 2.05) is 6.92 Å². The highest BCUT2D eigenvalue weighted by Crippen LogP contribution is 2.29. The van der Waals surface area contributed by atoms with E-state index in [4.69, 9.17) is 0 Å². The topological polar surface area (TPSA) is 102 Å². The van der Waals surface area contributed by atoms with Crippen LogP contribution in [0.1, 0.15) is 32.5 Å². The van der Waals surface area contributed by atoms with Gasteiger partial charge in [-0.3, -0.25) is 9.36 Å². The van der Waals surface area contributed by atoms with Gasteiger partial charge in [-0.15, -0.1) is 10.2 Å². The lowest BCUT2D eigenvalue weighted by Crippen LogP contribution is -2.33. The van der Waals surface area contributed by atoms with Gasteiger partial charge in [-0.1, -0.05) is 32.9 Å². The first-order valence-corrected chi connectivity index (χ1v) is 9.61. The Bertz CT molecular complexity index is 1320. The zero-order valence-corrected chi connectivity index (χ0v) is 16.7. The third kappa shape index (κ3) is 3.02. The molecule has 0 saturated heterocycles. The first kappa shape index (κ1) is 19.7. The van der Waals surface area contributed by atoms with E-state index in [2.05, 4.69) is 15.3 Å². The molecule has 1 atom stereocenters. The number of pyridine rings is 1. The highest BCUT2D eigenvalue weighted by atomic mass is 19.1. The minimum absolute atomic E-state index is 0.0349. The maximum Gasteiger partial charge on any atom is 0.327 e. The van der Waals surface area contributed by atoms with E-state index in [1.165, 1.54) is 27.4 Å². The molecule has 3 aromatic heterocycles. The first-order chi connectivity index (χ1) is 14.3. The fourth-order valence-corrected chi connectivity index (χ4v) is 3.71. The molecule has 154 valence electrons. The molecule has 0 bridgehead atoms. The predicted molar refractivity (Wildman–Crippen MR) is 109 cm³/mol. The van der Waals surface area contributed by atoms with Crippen LogP contribution in [0.4, 0.5) is 4.39 Å². The zero-order chi connectivity index (χ0) is 21.6. The van der Waals surface area contributed by atoms with Gasteiger partial charge in [-0.25, -0.2) is 13.7 Å². The van der Waals surface area contributed by atoms with E-state index in [9.17, 15) is 19.1 Å². The highest BCUT2D eigenvalue weighted by molar-refractivity contribution is 5.84. The number of aryl methyl sites for hydroxylation is 1. The fraction of sp³-hybridized carbons (Fsp3) is 0.286. The van der Waals surface area contributed by atoms with Crippen LogP contribution in [0, 0.1) is 11.7 Å². The summed E-state index contributed by atoms with van der Waals surface area (Å²) in [6, 6.07) is 6.63. The average Bonchev–Trinajstić information content (AvgIpc) is 3.09. The molecule has 3 heterocycles. The van der Waals surface area contributed by atoms with Gasteiger partial charge in [0.15, 0.2) is 11.2 Å². The lowest BCUT2D eigenvalue weighted by molar-refractivity contribution is -0.142. The summed E-state index contributed by atoms with van der Waals surface area (Å²) in [6.07, 6.45) is 2.05. The van der Waals surface area contributed by atoms with Crippen molar-refractivity contribution in [2.24, 2.45) is 5.92 Å². The van der Waals surface area contributed by atoms with Crippen molar-refractivity contribution in [1.82, 2.24) is 24.4 Å². The standard InChI is InChI=1S/C21H20FN5O3/c1-4-14-16(12-5-7-13(22)8-6-12)19-24-23-17-15(27(19)25-14)9-10-26(20(17)28)18(11(2)3)21(29)30/h5-11,18H,4H2,1-3H3,(H,29,30). The second-order valence-corrected chi connectivity index (χ2v) is 7.41. The largest absolute Gasteiger partial charge is 0.480 e. The summed E-state index contributed by atoms with van der Waals surface area (Å²) in [7, 11) is 0. The smallest absolute Gasteiger partial charge is 0.327 e. The summed E-state index contributed by atoms with van der Waals surface area (Å²) < 4.78 is 16.1. The molecule has 1 unspecified atom stereocenters. The molecule has 0 amide bonds. The fourth-order valence-electron chi connectivity index (χ4n) is 3.71. The van der Waals surface area contributed by atoms with Gasteiger partial charge in [0.05, 0.1) is 11.3 Å². The number of rotatable bonds is 5. The summed E-state index contributed by atoms with van der Waals surface area (Å²) in [4.78, 5) is 24.7. The zero-order valence-electron chi connectivity index (χ0n) is 16.7. The number of hydrogen-bond donors (Lipinski definition) is 1. The van der Waals surface area contributed by atoms with Crippen molar-refractivity contribution in [3.05, 3.63) is 58.4 Å². The van der Waals surface area contributed by atoms with Crippen molar-refractivity contribution in [2.75, 3.05) is 0 Å². The van der Waals surface area contributed by atoms with Crippen LogP contribution in [0.2, 0.25) is 0 Å². The van der Waals surface area contributed by atoms with Crippen molar-refractivity contribution < 1.29 is 14.3 Å². The molecular formula is C21H20FN5O3. The van der Waals surface area contributed by atoms with Gasteiger partial charge in [0.25, 0.3) is 5.56 Å². The SMILES string of the molecule is CCc1nn2c(nnc3c(=O)n(C(C(=O)O)C(C)C)ccc32)c1-c1ccc(F)cc1. The van der Waals surface area contributed by atoms with E-state index < -0.39 is 17.6 Å². The number of halogens is 1. The number of carbonyl (C=O) groups is 1. The van der Waals surface area contributed by atoms with Gasteiger partial charge in [0.1, 0.15) is 17.4 Å². The summed E-state index contributed by atoms with van der Waals surface area (Å²) in [6.45, 7) is 5.41. The number of carboxylic acids is 1. The molecule has 0 saturated carbocycles. The molecule has 4 rings (SSSR count). The number of nitrogens with zero attached hydrogens (tertiary/aromatic N) is 5. The molecule has 0 aliphatic rings. The first-order valence-electron chi connectivity index (χ1n) is 9.61. The maximum atomic E-state index is 13.4. The van der Waals surface area contributed by atoms with E-state index in [-0.39, 0.29) is 17.3 Å². The molecule has 0 radical (unpaired) electrons. The van der Waals surface area contributed by atoms with Gasteiger partial charge in [-0.2, -0.15) is 5.10 Å². The predicted octanol–water partition coefficient (Wildman–Crippen LogP) is 3.09. The van der Waals surface area contributed by atoms with E-state index >= 15 is 0 Å². The number of benzene rings is 1. The summed E-state index contributed by atoms with van der Waals surface area (Å²) in [5.41, 5.74) is 2.57. The van der Waals surface area contributed by atoms with Crippen LogP contribution in [0.5, 0.6) is 0 Å². The second-order valence-electron chi connectivity index (χ2n) is 7.41. The Morgan fingerprint density at radius 1 is 1.17 bits per heavy atom.